The molecule has 7 rings (SSSR count). The van der Waals surface area contributed by atoms with E-state index in [4.69, 9.17) is 8.83 Å². The molecule has 5 amide bonds. The molecule has 0 radical (unpaired) electrons. The standard InChI is InChI=1S/C37H39N9O7/c1-19(2)11-26-32(48)40-20(3)35-45-29(17-52-35)37(51)46-15-23(41-31(47)22-9-10-24-25(13-22)39-18-38-24)14-30(46)34(50)43-27(12-21-7-5-4-6-8-21)36-44-28(16-53-36)33(49)42-26/h4-10,13,16-20,23,26-27,30H,11-12,14-15H2,1-3H3,(H,38,39)(H,40,48)(H,41,47)(H,42,49)(H,43,50)/t20-,23+,26-,27+,30+/m1/s1. The van der Waals surface area contributed by atoms with Crippen LogP contribution in [0.25, 0.3) is 11.0 Å². The van der Waals surface area contributed by atoms with Crippen LogP contribution in [0.3, 0.4) is 0 Å². The van der Waals surface area contributed by atoms with E-state index in [2.05, 4.69) is 41.2 Å². The van der Waals surface area contributed by atoms with Gasteiger partial charge in [0.1, 0.15) is 36.7 Å². The molecule has 16 nitrogen and oxygen atoms in total. The third-order valence-corrected chi connectivity index (χ3v) is 9.33. The molecular formula is C37H39N9O7. The summed E-state index contributed by atoms with van der Waals surface area (Å²) in [4.78, 5) is 86.0. The van der Waals surface area contributed by atoms with Crippen molar-refractivity contribution in [1.82, 2.24) is 46.1 Å². The Bertz CT molecular complexity index is 2160. The van der Waals surface area contributed by atoms with Crippen LogP contribution in [0.15, 0.2) is 76.2 Å². The summed E-state index contributed by atoms with van der Waals surface area (Å²) < 4.78 is 11.4. The lowest BCUT2D eigenvalue weighted by atomic mass is 10.0. The van der Waals surface area contributed by atoms with E-state index >= 15 is 0 Å². The van der Waals surface area contributed by atoms with E-state index in [1.165, 1.54) is 23.8 Å². The van der Waals surface area contributed by atoms with E-state index in [0.29, 0.717) is 23.0 Å². The third-order valence-electron chi connectivity index (χ3n) is 9.33. The van der Waals surface area contributed by atoms with Crippen LogP contribution < -0.4 is 21.3 Å². The summed E-state index contributed by atoms with van der Waals surface area (Å²) in [5, 5.41) is 11.5. The predicted octanol–water partition coefficient (Wildman–Crippen LogP) is 2.99. The van der Waals surface area contributed by atoms with Gasteiger partial charge >= 0.3 is 0 Å². The summed E-state index contributed by atoms with van der Waals surface area (Å²) in [7, 11) is 0. The molecule has 0 saturated carbocycles. The van der Waals surface area contributed by atoms with Crippen molar-refractivity contribution in [3.8, 4) is 0 Å². The molecular weight excluding hydrogens is 682 g/mol. The zero-order chi connectivity index (χ0) is 37.2. The first-order valence-electron chi connectivity index (χ1n) is 17.4. The molecule has 5 atom stereocenters. The molecule has 2 aromatic carbocycles. The zero-order valence-electron chi connectivity index (χ0n) is 29.3. The maximum Gasteiger partial charge on any atom is 0.276 e. The summed E-state index contributed by atoms with van der Waals surface area (Å²) in [5.74, 6) is -2.46. The first kappa shape index (κ1) is 35.1. The number of hydrogen-bond donors (Lipinski definition) is 5. The number of fused-ring (bicyclic) bond motifs is 6. The average Bonchev–Trinajstić information content (AvgIpc) is 3.97. The predicted molar refractivity (Wildman–Crippen MR) is 188 cm³/mol. The summed E-state index contributed by atoms with van der Waals surface area (Å²) in [6, 6.07) is 10.2. The summed E-state index contributed by atoms with van der Waals surface area (Å²) >= 11 is 0. The molecule has 4 bridgehead atoms. The van der Waals surface area contributed by atoms with Gasteiger partial charge in [-0.3, -0.25) is 24.0 Å². The van der Waals surface area contributed by atoms with E-state index in [-0.39, 0.29) is 54.4 Å². The molecule has 3 aromatic heterocycles. The fourth-order valence-electron chi connectivity index (χ4n) is 6.67. The molecule has 2 aliphatic rings. The number of nitrogens with zero attached hydrogens (tertiary/aromatic N) is 4. The van der Waals surface area contributed by atoms with Gasteiger partial charge in [-0.1, -0.05) is 44.2 Å². The van der Waals surface area contributed by atoms with Gasteiger partial charge in [0.25, 0.3) is 17.7 Å². The Morgan fingerprint density at radius 1 is 0.925 bits per heavy atom. The highest BCUT2D eigenvalue weighted by Gasteiger charge is 2.43. The molecule has 53 heavy (non-hydrogen) atoms. The number of aromatic nitrogens is 4. The fraction of sp³-hybridized carbons (Fsp3) is 0.351. The quantitative estimate of drug-likeness (QED) is 0.173. The molecule has 0 aliphatic carbocycles. The van der Waals surface area contributed by atoms with Gasteiger partial charge in [-0.25, -0.2) is 15.0 Å². The molecule has 0 spiro atoms. The minimum atomic E-state index is -1.05. The van der Waals surface area contributed by atoms with E-state index in [0.717, 1.165) is 5.56 Å². The van der Waals surface area contributed by atoms with Gasteiger partial charge in [-0.2, -0.15) is 0 Å². The number of nitrogens with one attached hydrogen (secondary N) is 5. The second-order valence-corrected chi connectivity index (χ2v) is 13.8. The van der Waals surface area contributed by atoms with E-state index in [1.807, 2.05) is 44.2 Å². The van der Waals surface area contributed by atoms with Gasteiger partial charge in [0.2, 0.25) is 23.6 Å². The Labute approximate surface area is 303 Å². The maximum absolute atomic E-state index is 14.3. The number of oxazole rings is 2. The normalized spacial score (nSPS) is 22.5. The van der Waals surface area contributed by atoms with E-state index in [1.54, 1.807) is 25.1 Å². The van der Waals surface area contributed by atoms with Crippen molar-refractivity contribution < 1.29 is 32.8 Å². The zero-order valence-corrected chi connectivity index (χ0v) is 29.3. The van der Waals surface area contributed by atoms with Crippen LogP contribution in [-0.2, 0) is 16.0 Å². The maximum atomic E-state index is 14.3. The highest BCUT2D eigenvalue weighted by molar-refractivity contribution is 5.99. The number of carbonyl (C=O) groups is 5. The Hall–Kier alpha value is -6.32. The van der Waals surface area contributed by atoms with Crippen molar-refractivity contribution in [3.63, 3.8) is 0 Å². The minimum Gasteiger partial charge on any atom is -0.446 e. The van der Waals surface area contributed by atoms with Crippen molar-refractivity contribution in [2.24, 2.45) is 5.92 Å². The van der Waals surface area contributed by atoms with Crippen molar-refractivity contribution in [1.29, 1.82) is 0 Å². The van der Waals surface area contributed by atoms with Crippen molar-refractivity contribution in [2.75, 3.05) is 6.54 Å². The molecule has 1 saturated heterocycles. The second-order valence-electron chi connectivity index (χ2n) is 13.8. The van der Waals surface area contributed by atoms with Crippen LogP contribution in [-0.4, -0.2) is 79.0 Å². The van der Waals surface area contributed by atoms with Gasteiger partial charge in [-0.15, -0.1) is 0 Å². The molecule has 16 heteroatoms. The second kappa shape index (κ2) is 14.7. The first-order chi connectivity index (χ1) is 25.5. The SMILES string of the molecule is CC(C)C[C@H]1NC(=O)c2coc(n2)[C@H](Cc2ccccc2)NC(=O)[C@@H]2C[C@H](NC(=O)c3ccc4nc[nH]c4c3)CN2C(=O)c2coc(n2)[C@@H](C)NC1=O. The Morgan fingerprint density at radius 2 is 1.68 bits per heavy atom. The number of carbonyl (C=O) groups excluding carboxylic acids is 5. The monoisotopic (exact) mass is 721 g/mol. The molecule has 274 valence electrons. The average molecular weight is 722 g/mol. The number of H-pyrrole nitrogens is 1. The van der Waals surface area contributed by atoms with Crippen LogP contribution in [0.1, 0.15) is 94.4 Å². The number of hydrogen-bond acceptors (Lipinski definition) is 10. The van der Waals surface area contributed by atoms with E-state index < -0.39 is 53.8 Å². The van der Waals surface area contributed by atoms with Crippen LogP contribution in [0.4, 0.5) is 0 Å². The van der Waals surface area contributed by atoms with Gasteiger partial charge in [0, 0.05) is 24.6 Å². The number of benzene rings is 2. The van der Waals surface area contributed by atoms with Crippen molar-refractivity contribution in [2.45, 2.75) is 70.2 Å². The van der Waals surface area contributed by atoms with E-state index in [9.17, 15) is 24.0 Å². The van der Waals surface area contributed by atoms with Gasteiger partial charge in [-0.05, 0) is 49.4 Å². The first-order valence-corrected chi connectivity index (χ1v) is 17.4. The van der Waals surface area contributed by atoms with Gasteiger partial charge in [0.15, 0.2) is 11.4 Å². The van der Waals surface area contributed by atoms with Gasteiger partial charge in [0.05, 0.1) is 17.4 Å². The van der Waals surface area contributed by atoms with Crippen LogP contribution >= 0.6 is 0 Å². The Kier molecular flexibility index (Phi) is 9.76. The number of aromatic amines is 1. The van der Waals surface area contributed by atoms with Crippen LogP contribution in [0, 0.1) is 5.92 Å². The molecule has 1 fully saturated rings. The largest absolute Gasteiger partial charge is 0.446 e. The highest BCUT2D eigenvalue weighted by atomic mass is 16.3. The summed E-state index contributed by atoms with van der Waals surface area (Å²) in [6.45, 7) is 5.48. The Balaban J connectivity index is 1.22. The van der Waals surface area contributed by atoms with Gasteiger partial charge < -0.3 is 40.0 Å². The summed E-state index contributed by atoms with van der Waals surface area (Å²) in [6.07, 6.45) is 4.55. The Morgan fingerprint density at radius 3 is 2.47 bits per heavy atom. The van der Waals surface area contributed by atoms with Crippen LogP contribution in [0.2, 0.25) is 0 Å². The minimum absolute atomic E-state index is 0.00694. The molecule has 5 heterocycles. The highest BCUT2D eigenvalue weighted by Crippen LogP contribution is 2.26. The lowest BCUT2D eigenvalue weighted by molar-refractivity contribution is -0.126. The lowest BCUT2D eigenvalue weighted by Crippen LogP contribution is -2.48. The molecule has 5 aromatic rings. The number of imidazole rings is 1. The van der Waals surface area contributed by atoms with Crippen molar-refractivity contribution in [3.05, 3.63) is 102 Å². The van der Waals surface area contributed by atoms with Crippen molar-refractivity contribution >= 4 is 40.6 Å². The molecule has 0 unspecified atom stereocenters. The smallest absolute Gasteiger partial charge is 0.276 e. The molecule has 5 N–H and O–H groups in total. The topological polar surface area (TPSA) is 217 Å². The number of rotatable bonds is 6. The number of amides is 5. The molecule has 2 aliphatic heterocycles. The lowest BCUT2D eigenvalue weighted by Gasteiger charge is -2.25. The summed E-state index contributed by atoms with van der Waals surface area (Å²) in [5.41, 5.74) is 2.46. The fourth-order valence-corrected chi connectivity index (χ4v) is 6.67. The van der Waals surface area contributed by atoms with Crippen LogP contribution in [0.5, 0.6) is 0 Å². The third kappa shape index (κ3) is 7.66.